The summed E-state index contributed by atoms with van der Waals surface area (Å²) in [7, 11) is 0. The highest BCUT2D eigenvalue weighted by Gasteiger charge is 2.12. The molecule has 6 heteroatoms. The fourth-order valence-corrected chi connectivity index (χ4v) is 2.09. The van der Waals surface area contributed by atoms with Crippen LogP contribution >= 0.6 is 0 Å². The van der Waals surface area contributed by atoms with Crippen LogP contribution in [-0.2, 0) is 0 Å². The number of nitrogens with zero attached hydrogens (tertiary/aromatic N) is 2. The third-order valence-electron chi connectivity index (χ3n) is 3.21. The molecule has 1 aromatic heterocycles. The van der Waals surface area contributed by atoms with Gasteiger partial charge in [-0.15, -0.1) is 0 Å². The molecule has 0 aliphatic heterocycles. The minimum absolute atomic E-state index is 0.182. The Bertz CT molecular complexity index is 892. The Morgan fingerprint density at radius 1 is 1.22 bits per heavy atom. The summed E-state index contributed by atoms with van der Waals surface area (Å²) in [5.74, 6) is 0.0270. The Morgan fingerprint density at radius 2 is 2.00 bits per heavy atom. The molecule has 1 heterocycles. The average Bonchev–Trinajstić information content (AvgIpc) is 3.04. The van der Waals surface area contributed by atoms with Crippen molar-refractivity contribution >= 4 is 5.97 Å². The molecule has 0 radical (unpaired) electrons. The normalized spacial score (nSPS) is 10.0. The van der Waals surface area contributed by atoms with Gasteiger partial charge < -0.3 is 9.84 Å². The predicted octanol–water partition coefficient (Wildman–Crippen LogP) is 3.44. The topological polar surface area (TPSA) is 99.0 Å². The van der Waals surface area contributed by atoms with E-state index in [2.05, 4.69) is 10.2 Å². The molecule has 0 fully saturated rings. The van der Waals surface area contributed by atoms with E-state index in [1.54, 1.807) is 42.5 Å². The summed E-state index contributed by atoms with van der Waals surface area (Å²) in [5.41, 5.74) is 1.96. The number of carbonyl (C=O) groups is 1. The second-order valence-electron chi connectivity index (χ2n) is 4.73. The maximum Gasteiger partial charge on any atom is 0.335 e. The van der Waals surface area contributed by atoms with Crippen molar-refractivity contribution in [1.29, 1.82) is 5.26 Å². The summed E-state index contributed by atoms with van der Waals surface area (Å²) in [6.45, 7) is 0. The molecule has 0 atom stereocenters. The molecule has 23 heavy (non-hydrogen) atoms. The van der Waals surface area contributed by atoms with Crippen LogP contribution in [0, 0.1) is 11.3 Å². The minimum atomic E-state index is -0.999. The molecule has 0 bridgehead atoms. The van der Waals surface area contributed by atoms with Gasteiger partial charge in [0, 0.05) is 5.56 Å². The summed E-state index contributed by atoms with van der Waals surface area (Å²) in [4.78, 5) is 11.1. The van der Waals surface area contributed by atoms with Crippen LogP contribution in [0.4, 0.5) is 0 Å². The van der Waals surface area contributed by atoms with Gasteiger partial charge in [-0.3, -0.25) is 5.10 Å². The highest BCUT2D eigenvalue weighted by atomic mass is 16.5. The number of aromatic amines is 1. The fourth-order valence-electron chi connectivity index (χ4n) is 2.09. The van der Waals surface area contributed by atoms with Gasteiger partial charge in [0.05, 0.1) is 23.4 Å². The summed E-state index contributed by atoms with van der Waals surface area (Å²) in [6, 6.07) is 15.2. The SMILES string of the molecule is N#Cc1ccc(Oc2cn[nH]c2-c2cccc(C(=O)O)c2)cc1. The van der Waals surface area contributed by atoms with Gasteiger partial charge in [-0.25, -0.2) is 4.79 Å². The minimum Gasteiger partial charge on any atom is -0.478 e. The number of nitriles is 1. The summed E-state index contributed by atoms with van der Waals surface area (Å²) >= 11 is 0. The van der Waals surface area contributed by atoms with Crippen LogP contribution in [-0.4, -0.2) is 21.3 Å². The molecule has 0 saturated carbocycles. The van der Waals surface area contributed by atoms with Crippen LogP contribution in [0.3, 0.4) is 0 Å². The van der Waals surface area contributed by atoms with Crippen molar-refractivity contribution in [3.63, 3.8) is 0 Å². The molecule has 6 nitrogen and oxygen atoms in total. The largest absolute Gasteiger partial charge is 0.478 e. The van der Waals surface area contributed by atoms with Crippen LogP contribution in [0.25, 0.3) is 11.3 Å². The summed E-state index contributed by atoms with van der Waals surface area (Å²) in [5, 5.41) is 24.6. The van der Waals surface area contributed by atoms with Crippen molar-refractivity contribution in [1.82, 2.24) is 10.2 Å². The Kier molecular flexibility index (Phi) is 3.77. The fraction of sp³-hybridized carbons (Fsp3) is 0. The van der Waals surface area contributed by atoms with Gasteiger partial charge in [-0.1, -0.05) is 12.1 Å². The van der Waals surface area contributed by atoms with Gasteiger partial charge >= 0.3 is 5.97 Å². The Morgan fingerprint density at radius 3 is 2.70 bits per heavy atom. The molecular formula is C17H11N3O3. The van der Waals surface area contributed by atoms with Gasteiger partial charge in [-0.05, 0) is 36.4 Å². The smallest absolute Gasteiger partial charge is 0.335 e. The first-order valence-corrected chi connectivity index (χ1v) is 6.72. The van der Waals surface area contributed by atoms with Crippen LogP contribution in [0.1, 0.15) is 15.9 Å². The van der Waals surface area contributed by atoms with Crippen molar-refractivity contribution in [2.75, 3.05) is 0 Å². The number of nitrogens with one attached hydrogen (secondary N) is 1. The molecule has 0 aliphatic rings. The second kappa shape index (κ2) is 6.03. The first-order valence-electron chi connectivity index (χ1n) is 6.72. The van der Waals surface area contributed by atoms with Gasteiger partial charge in [0.15, 0.2) is 5.75 Å². The van der Waals surface area contributed by atoms with E-state index >= 15 is 0 Å². The lowest BCUT2D eigenvalue weighted by Gasteiger charge is -2.07. The molecule has 2 aromatic carbocycles. The monoisotopic (exact) mass is 305 g/mol. The van der Waals surface area contributed by atoms with E-state index in [9.17, 15) is 4.79 Å². The lowest BCUT2D eigenvalue weighted by Crippen LogP contribution is -1.96. The van der Waals surface area contributed by atoms with Crippen LogP contribution in [0.2, 0.25) is 0 Å². The molecule has 0 saturated heterocycles. The van der Waals surface area contributed by atoms with E-state index in [0.717, 1.165) is 0 Å². The zero-order valence-electron chi connectivity index (χ0n) is 11.9. The van der Waals surface area contributed by atoms with E-state index in [0.29, 0.717) is 28.3 Å². The first kappa shape index (κ1) is 14.4. The predicted molar refractivity (Wildman–Crippen MR) is 82.2 cm³/mol. The lowest BCUT2D eigenvalue weighted by molar-refractivity contribution is 0.0697. The molecular weight excluding hydrogens is 294 g/mol. The van der Waals surface area contributed by atoms with E-state index in [4.69, 9.17) is 15.1 Å². The number of hydrogen-bond acceptors (Lipinski definition) is 4. The number of aromatic nitrogens is 2. The Labute approximate surface area is 131 Å². The number of hydrogen-bond donors (Lipinski definition) is 2. The molecule has 3 rings (SSSR count). The van der Waals surface area contributed by atoms with Crippen molar-refractivity contribution in [2.24, 2.45) is 0 Å². The number of H-pyrrole nitrogens is 1. The van der Waals surface area contributed by atoms with Gasteiger partial charge in [-0.2, -0.15) is 10.4 Å². The number of aromatic carboxylic acids is 1. The molecule has 0 aliphatic carbocycles. The lowest BCUT2D eigenvalue weighted by atomic mass is 10.1. The van der Waals surface area contributed by atoms with Crippen molar-refractivity contribution < 1.29 is 14.6 Å². The maximum atomic E-state index is 11.1. The van der Waals surface area contributed by atoms with Crippen LogP contribution < -0.4 is 4.74 Å². The van der Waals surface area contributed by atoms with Crippen molar-refractivity contribution in [2.45, 2.75) is 0 Å². The molecule has 0 amide bonds. The van der Waals surface area contributed by atoms with Gasteiger partial charge in [0.25, 0.3) is 0 Å². The van der Waals surface area contributed by atoms with Gasteiger partial charge in [0.1, 0.15) is 11.4 Å². The average molecular weight is 305 g/mol. The number of ether oxygens (including phenoxy) is 1. The highest BCUT2D eigenvalue weighted by Crippen LogP contribution is 2.31. The van der Waals surface area contributed by atoms with E-state index < -0.39 is 5.97 Å². The first-order chi connectivity index (χ1) is 11.2. The number of carboxylic acids is 1. The third-order valence-corrected chi connectivity index (χ3v) is 3.21. The molecule has 112 valence electrons. The van der Waals surface area contributed by atoms with Crippen LogP contribution in [0.15, 0.2) is 54.7 Å². The summed E-state index contributed by atoms with van der Waals surface area (Å²) < 4.78 is 5.75. The number of benzene rings is 2. The standard InChI is InChI=1S/C17H11N3O3/c18-9-11-4-6-14(7-5-11)23-15-10-19-20-16(15)12-2-1-3-13(8-12)17(21)22/h1-8,10H,(H,19,20)(H,21,22). The van der Waals surface area contributed by atoms with Crippen molar-refractivity contribution in [3.05, 3.63) is 65.9 Å². The molecule has 3 aromatic rings. The number of rotatable bonds is 4. The highest BCUT2D eigenvalue weighted by molar-refractivity contribution is 5.89. The zero-order valence-corrected chi connectivity index (χ0v) is 11.9. The number of carboxylic acid groups (broad SMARTS) is 1. The van der Waals surface area contributed by atoms with E-state index in [1.165, 1.54) is 12.3 Å². The summed E-state index contributed by atoms with van der Waals surface area (Å²) in [6.07, 6.45) is 1.51. The second-order valence-corrected chi connectivity index (χ2v) is 4.73. The third kappa shape index (κ3) is 3.04. The van der Waals surface area contributed by atoms with E-state index in [-0.39, 0.29) is 5.56 Å². The van der Waals surface area contributed by atoms with E-state index in [1.807, 2.05) is 6.07 Å². The quantitative estimate of drug-likeness (QED) is 0.769. The molecule has 2 N–H and O–H groups in total. The molecule has 0 unspecified atom stereocenters. The van der Waals surface area contributed by atoms with Gasteiger partial charge in [0.2, 0.25) is 0 Å². The zero-order chi connectivity index (χ0) is 16.2. The van der Waals surface area contributed by atoms with Crippen LogP contribution in [0.5, 0.6) is 11.5 Å². The van der Waals surface area contributed by atoms with Crippen molar-refractivity contribution in [3.8, 4) is 28.8 Å². The maximum absolute atomic E-state index is 11.1. The Balaban J connectivity index is 1.91. The Hall–Kier alpha value is -3.59. The molecule has 0 spiro atoms.